The molecular formula is C21H24N4O2S. The normalized spacial score (nSPS) is 14.9. The minimum Gasteiger partial charge on any atom is -0.441 e. The van der Waals surface area contributed by atoms with Crippen LogP contribution < -0.4 is 5.32 Å². The lowest BCUT2D eigenvalue weighted by molar-refractivity contribution is -0.116. The molecule has 1 fully saturated rings. The molecule has 0 atom stereocenters. The summed E-state index contributed by atoms with van der Waals surface area (Å²) in [6, 6.07) is 9.82. The van der Waals surface area contributed by atoms with Gasteiger partial charge in [0.2, 0.25) is 5.91 Å². The zero-order chi connectivity index (χ0) is 19.2. The number of hydrogen-bond acceptors (Lipinski definition) is 6. The summed E-state index contributed by atoms with van der Waals surface area (Å²) in [6.07, 6.45) is 6.34. The maximum Gasteiger partial charge on any atom is 0.226 e. The average molecular weight is 397 g/mol. The van der Waals surface area contributed by atoms with Crippen LogP contribution in [0.4, 0.5) is 5.13 Å². The number of hydrogen-bond donors (Lipinski definition) is 1. The van der Waals surface area contributed by atoms with Crippen LogP contribution in [0.2, 0.25) is 0 Å². The fraction of sp³-hybridized carbons (Fsp3) is 0.381. The quantitative estimate of drug-likeness (QED) is 0.643. The standard InChI is InChI=1S/C21H24N4O2S/c26-19(9-10-20-22-13-18(27-20)16-7-3-1-4-8-16)24-21-23-17(15-28-21)14-25-11-5-2-6-12-25/h1,3-4,7-8,13,15H,2,5-6,9-12,14H2,(H,23,24,26). The van der Waals surface area contributed by atoms with Gasteiger partial charge in [-0.1, -0.05) is 36.8 Å². The number of benzene rings is 1. The summed E-state index contributed by atoms with van der Waals surface area (Å²) in [7, 11) is 0. The van der Waals surface area contributed by atoms with Crippen LogP contribution in [0.1, 0.15) is 37.3 Å². The van der Waals surface area contributed by atoms with Gasteiger partial charge < -0.3 is 9.73 Å². The zero-order valence-electron chi connectivity index (χ0n) is 15.8. The van der Waals surface area contributed by atoms with Crippen molar-refractivity contribution in [2.75, 3.05) is 18.4 Å². The largest absolute Gasteiger partial charge is 0.441 e. The lowest BCUT2D eigenvalue weighted by Gasteiger charge is -2.25. The van der Waals surface area contributed by atoms with E-state index < -0.39 is 0 Å². The predicted molar refractivity (Wildman–Crippen MR) is 110 cm³/mol. The van der Waals surface area contributed by atoms with E-state index in [1.807, 2.05) is 35.7 Å². The third-order valence-corrected chi connectivity index (χ3v) is 5.62. The monoisotopic (exact) mass is 396 g/mol. The minimum absolute atomic E-state index is 0.0710. The van der Waals surface area contributed by atoms with Crippen LogP contribution in [0.15, 0.2) is 46.3 Å². The molecule has 0 saturated carbocycles. The number of carbonyl (C=O) groups is 1. The number of carbonyl (C=O) groups excluding carboxylic acids is 1. The van der Waals surface area contributed by atoms with Gasteiger partial charge in [-0.15, -0.1) is 11.3 Å². The molecule has 4 rings (SSSR count). The molecule has 1 saturated heterocycles. The van der Waals surface area contributed by atoms with Gasteiger partial charge in [0.15, 0.2) is 16.8 Å². The van der Waals surface area contributed by atoms with Crippen LogP contribution in [0.25, 0.3) is 11.3 Å². The van der Waals surface area contributed by atoms with E-state index in [0.29, 0.717) is 23.9 Å². The Bertz CT molecular complexity index is 900. The number of nitrogens with zero attached hydrogens (tertiary/aromatic N) is 3. The summed E-state index contributed by atoms with van der Waals surface area (Å²) in [5, 5.41) is 5.58. The van der Waals surface area contributed by atoms with Crippen molar-refractivity contribution in [1.29, 1.82) is 0 Å². The Hall–Kier alpha value is -2.51. The Morgan fingerprint density at radius 1 is 1.18 bits per heavy atom. The van der Waals surface area contributed by atoms with Crippen LogP contribution in [-0.4, -0.2) is 33.9 Å². The van der Waals surface area contributed by atoms with E-state index in [-0.39, 0.29) is 5.91 Å². The van der Waals surface area contributed by atoms with Crippen LogP contribution in [-0.2, 0) is 17.8 Å². The second kappa shape index (κ2) is 9.12. The number of oxazole rings is 1. The number of anilines is 1. The third kappa shape index (κ3) is 5.05. The molecule has 28 heavy (non-hydrogen) atoms. The number of rotatable bonds is 7. The highest BCUT2D eigenvalue weighted by atomic mass is 32.1. The van der Waals surface area contributed by atoms with E-state index in [2.05, 4.69) is 20.2 Å². The van der Waals surface area contributed by atoms with Crippen LogP contribution in [0, 0.1) is 0 Å². The lowest BCUT2D eigenvalue weighted by atomic mass is 10.1. The summed E-state index contributed by atoms with van der Waals surface area (Å²) in [5.74, 6) is 1.22. The summed E-state index contributed by atoms with van der Waals surface area (Å²) in [5.41, 5.74) is 2.01. The van der Waals surface area contributed by atoms with Crippen molar-refractivity contribution in [2.24, 2.45) is 0 Å². The van der Waals surface area contributed by atoms with Crippen molar-refractivity contribution >= 4 is 22.4 Å². The van der Waals surface area contributed by atoms with Gasteiger partial charge in [-0.05, 0) is 25.9 Å². The molecule has 1 aromatic carbocycles. The van der Waals surface area contributed by atoms with Crippen LogP contribution in [0.5, 0.6) is 0 Å². The molecule has 1 aliphatic heterocycles. The molecule has 0 bridgehead atoms. The summed E-state index contributed by atoms with van der Waals surface area (Å²) in [6.45, 7) is 3.14. The number of nitrogens with one attached hydrogen (secondary N) is 1. The highest BCUT2D eigenvalue weighted by Crippen LogP contribution is 2.21. The van der Waals surface area contributed by atoms with Gasteiger partial charge in [0.05, 0.1) is 11.9 Å². The fourth-order valence-electron chi connectivity index (χ4n) is 3.35. The Morgan fingerprint density at radius 3 is 2.82 bits per heavy atom. The third-order valence-electron chi connectivity index (χ3n) is 4.81. The number of aryl methyl sites for hydroxylation is 1. The van der Waals surface area contributed by atoms with Gasteiger partial charge in [0.25, 0.3) is 0 Å². The Labute approximate surface area is 168 Å². The molecule has 0 aliphatic carbocycles. The zero-order valence-corrected chi connectivity index (χ0v) is 16.6. The molecule has 3 aromatic rings. The first kappa shape index (κ1) is 18.8. The number of thiazole rings is 1. The average Bonchev–Trinajstić information content (AvgIpc) is 3.38. The second-order valence-corrected chi connectivity index (χ2v) is 7.87. The predicted octanol–water partition coefficient (Wildman–Crippen LogP) is 4.36. The molecule has 0 unspecified atom stereocenters. The molecule has 6 nitrogen and oxygen atoms in total. The fourth-order valence-corrected chi connectivity index (χ4v) is 4.07. The van der Waals surface area contributed by atoms with Crippen molar-refractivity contribution in [3.05, 3.63) is 53.5 Å². The van der Waals surface area contributed by atoms with Crippen LogP contribution in [0.3, 0.4) is 0 Å². The van der Waals surface area contributed by atoms with Crippen LogP contribution >= 0.6 is 11.3 Å². The van der Waals surface area contributed by atoms with Gasteiger partial charge in [0.1, 0.15) is 0 Å². The van der Waals surface area contributed by atoms with Gasteiger partial charge in [0, 0.05) is 30.3 Å². The Balaban J connectivity index is 1.25. The molecule has 1 amide bonds. The molecule has 1 aliphatic rings. The molecule has 0 radical (unpaired) electrons. The topological polar surface area (TPSA) is 71.3 Å². The smallest absolute Gasteiger partial charge is 0.226 e. The Morgan fingerprint density at radius 2 is 2.00 bits per heavy atom. The van der Waals surface area contributed by atoms with E-state index in [9.17, 15) is 4.79 Å². The highest BCUT2D eigenvalue weighted by molar-refractivity contribution is 7.13. The summed E-state index contributed by atoms with van der Waals surface area (Å²) >= 11 is 1.48. The van der Waals surface area contributed by atoms with E-state index in [1.165, 1.54) is 30.6 Å². The van der Waals surface area contributed by atoms with Gasteiger partial charge in [-0.25, -0.2) is 9.97 Å². The molecule has 146 valence electrons. The molecular weight excluding hydrogens is 372 g/mol. The highest BCUT2D eigenvalue weighted by Gasteiger charge is 2.14. The molecule has 7 heteroatoms. The summed E-state index contributed by atoms with van der Waals surface area (Å²) in [4.78, 5) is 23.5. The first-order chi connectivity index (χ1) is 13.8. The minimum atomic E-state index is -0.0710. The SMILES string of the molecule is O=C(CCc1ncc(-c2ccccc2)o1)Nc1nc(CN2CCCCC2)cs1. The van der Waals surface area contributed by atoms with Gasteiger partial charge in [-0.3, -0.25) is 9.69 Å². The van der Waals surface area contributed by atoms with Crippen molar-refractivity contribution < 1.29 is 9.21 Å². The first-order valence-corrected chi connectivity index (χ1v) is 10.6. The summed E-state index contributed by atoms with van der Waals surface area (Å²) < 4.78 is 5.75. The van der Waals surface area contributed by atoms with E-state index in [4.69, 9.17) is 4.42 Å². The molecule has 0 spiro atoms. The van der Waals surface area contributed by atoms with E-state index in [1.54, 1.807) is 6.20 Å². The van der Waals surface area contributed by atoms with Gasteiger partial charge in [-0.2, -0.15) is 0 Å². The number of amides is 1. The maximum atomic E-state index is 12.2. The maximum absolute atomic E-state index is 12.2. The molecule has 3 heterocycles. The van der Waals surface area contributed by atoms with Crippen molar-refractivity contribution in [2.45, 2.75) is 38.6 Å². The van der Waals surface area contributed by atoms with Crippen molar-refractivity contribution in [1.82, 2.24) is 14.9 Å². The van der Waals surface area contributed by atoms with E-state index in [0.717, 1.165) is 36.7 Å². The molecule has 1 N–H and O–H groups in total. The van der Waals surface area contributed by atoms with Gasteiger partial charge >= 0.3 is 0 Å². The van der Waals surface area contributed by atoms with Crippen molar-refractivity contribution in [3.63, 3.8) is 0 Å². The Kier molecular flexibility index (Phi) is 6.14. The first-order valence-electron chi connectivity index (χ1n) is 9.73. The van der Waals surface area contributed by atoms with Crippen molar-refractivity contribution in [3.8, 4) is 11.3 Å². The second-order valence-electron chi connectivity index (χ2n) is 7.01. The molecule has 2 aromatic heterocycles. The number of piperidine rings is 1. The number of likely N-dealkylation sites (tertiary alicyclic amines) is 1. The number of aromatic nitrogens is 2. The lowest BCUT2D eigenvalue weighted by Crippen LogP contribution is -2.29. The van der Waals surface area contributed by atoms with E-state index >= 15 is 0 Å².